The zero-order chi connectivity index (χ0) is 37.5. The maximum atomic E-state index is 6.55. The summed E-state index contributed by atoms with van der Waals surface area (Å²) < 4.78 is 11.4. The number of hydrogen-bond donors (Lipinski definition) is 3. The minimum Gasteiger partial charge on any atom is -0.456 e. The van der Waals surface area contributed by atoms with Crippen molar-refractivity contribution in [2.75, 3.05) is 0 Å². The third-order valence-electron chi connectivity index (χ3n) is 11.8. The van der Waals surface area contributed by atoms with E-state index < -0.39 is 0 Å². The van der Waals surface area contributed by atoms with E-state index in [-0.39, 0.29) is 18.5 Å². The third-order valence-corrected chi connectivity index (χ3v) is 11.8. The largest absolute Gasteiger partial charge is 0.456 e. The summed E-state index contributed by atoms with van der Waals surface area (Å²) >= 11 is 0. The molecule has 272 valence electrons. The van der Waals surface area contributed by atoms with E-state index in [9.17, 15) is 0 Å². The van der Waals surface area contributed by atoms with Gasteiger partial charge < -0.3 is 13.6 Å². The van der Waals surface area contributed by atoms with E-state index in [1.165, 1.54) is 43.7 Å². The van der Waals surface area contributed by atoms with E-state index in [4.69, 9.17) is 4.42 Å². The van der Waals surface area contributed by atoms with Crippen LogP contribution in [0.4, 0.5) is 0 Å². The van der Waals surface area contributed by atoms with Gasteiger partial charge in [-0.2, -0.15) is 0 Å². The highest BCUT2D eigenvalue weighted by atomic mass is 16.3. The highest BCUT2D eigenvalue weighted by Gasteiger charge is 2.30. The van der Waals surface area contributed by atoms with Crippen LogP contribution in [0, 0.1) is 0 Å². The summed E-state index contributed by atoms with van der Waals surface area (Å²) in [5.41, 5.74) is 12.2. The molecule has 6 heteroatoms. The lowest BCUT2D eigenvalue weighted by atomic mass is 10.0. The third kappa shape index (κ3) is 5.09. The van der Waals surface area contributed by atoms with Gasteiger partial charge in [-0.15, -0.1) is 0 Å². The molecule has 11 aromatic rings. The molecule has 57 heavy (non-hydrogen) atoms. The molecule has 1 aliphatic heterocycles. The van der Waals surface area contributed by atoms with Crippen LogP contribution in [-0.2, 0) is 0 Å². The van der Waals surface area contributed by atoms with Gasteiger partial charge >= 0.3 is 0 Å². The number of rotatable bonds is 5. The summed E-state index contributed by atoms with van der Waals surface area (Å²) in [5, 5.41) is 18.7. The maximum absolute atomic E-state index is 6.55. The van der Waals surface area contributed by atoms with Crippen LogP contribution in [0.25, 0.3) is 76.9 Å². The molecule has 6 nitrogen and oxygen atoms in total. The summed E-state index contributed by atoms with van der Waals surface area (Å²) in [7, 11) is 0. The Morgan fingerprint density at radius 2 is 0.860 bits per heavy atom. The zero-order valence-corrected chi connectivity index (χ0v) is 30.9. The summed E-state index contributed by atoms with van der Waals surface area (Å²) in [4.78, 5) is 0. The number of furan rings is 1. The average Bonchev–Trinajstić information content (AvgIpc) is 3.93. The molecule has 3 N–H and O–H groups in total. The van der Waals surface area contributed by atoms with Crippen LogP contribution in [0.1, 0.15) is 35.2 Å². The monoisotopic (exact) mass is 735 g/mol. The standard InChI is InChI=1S/C51H37N5O/c1-4-15-32(16-5-1)49-52-50(33-17-6-2-7-18-33)54-51(53-49)34-19-14-22-36(29-34)56-43-28-27-42-47(38-24-10-12-25-41(38)55(42)35-20-8-3-9-21-35)48(43)40-30-39-37-23-11-13-26-45(37)57-46(39)31-44(40)56/h1-31,49-54H. The number of nitrogens with one attached hydrogen (secondary N) is 3. The van der Waals surface area contributed by atoms with Crippen molar-refractivity contribution in [2.45, 2.75) is 18.5 Å². The Hall–Kier alpha value is -6.96. The molecule has 0 bridgehead atoms. The predicted molar refractivity (Wildman–Crippen MR) is 233 cm³/mol. The Balaban J connectivity index is 1.10. The van der Waals surface area contributed by atoms with E-state index in [2.05, 4.69) is 207 Å². The molecule has 12 rings (SSSR count). The molecule has 3 aromatic heterocycles. The van der Waals surface area contributed by atoms with Gasteiger partial charge in [-0.3, -0.25) is 16.0 Å². The number of fused-ring (bicyclic) bond motifs is 10. The van der Waals surface area contributed by atoms with Crippen LogP contribution in [0.3, 0.4) is 0 Å². The molecule has 0 saturated carbocycles. The van der Waals surface area contributed by atoms with Crippen molar-refractivity contribution in [3.8, 4) is 11.4 Å². The Bertz CT molecular complexity index is 3240. The van der Waals surface area contributed by atoms with E-state index in [0.717, 1.165) is 49.9 Å². The Morgan fingerprint density at radius 1 is 0.333 bits per heavy atom. The quantitative estimate of drug-likeness (QED) is 0.165. The summed E-state index contributed by atoms with van der Waals surface area (Å²) in [5.74, 6) is 0. The summed E-state index contributed by atoms with van der Waals surface area (Å²) in [6.07, 6.45) is -0.250. The molecule has 8 aromatic carbocycles. The maximum Gasteiger partial charge on any atom is 0.137 e. The fraction of sp³-hybridized carbons (Fsp3) is 0.0588. The molecule has 0 radical (unpaired) electrons. The van der Waals surface area contributed by atoms with Crippen LogP contribution in [-0.4, -0.2) is 9.13 Å². The first-order valence-corrected chi connectivity index (χ1v) is 19.6. The molecule has 1 aliphatic rings. The number of benzene rings is 8. The van der Waals surface area contributed by atoms with Crippen molar-refractivity contribution in [3.63, 3.8) is 0 Å². The average molecular weight is 736 g/mol. The molecule has 1 saturated heterocycles. The van der Waals surface area contributed by atoms with Crippen molar-refractivity contribution in [3.05, 3.63) is 205 Å². The summed E-state index contributed by atoms with van der Waals surface area (Å²) in [6, 6.07) is 67.3. The van der Waals surface area contributed by atoms with Crippen LogP contribution >= 0.6 is 0 Å². The minimum absolute atomic E-state index is 0.0591. The van der Waals surface area contributed by atoms with Crippen LogP contribution in [0.2, 0.25) is 0 Å². The normalized spacial score (nSPS) is 17.4. The molecule has 0 aliphatic carbocycles. The molecule has 2 unspecified atom stereocenters. The fourth-order valence-corrected chi connectivity index (χ4v) is 9.27. The number of aromatic nitrogens is 2. The highest BCUT2D eigenvalue weighted by Crippen LogP contribution is 2.44. The first-order valence-electron chi connectivity index (χ1n) is 19.6. The second-order valence-corrected chi connectivity index (χ2v) is 15.1. The first kappa shape index (κ1) is 32.3. The number of para-hydroxylation sites is 3. The van der Waals surface area contributed by atoms with Gasteiger partial charge in [-0.25, -0.2) is 0 Å². The van der Waals surface area contributed by atoms with Crippen molar-refractivity contribution in [2.24, 2.45) is 0 Å². The van der Waals surface area contributed by atoms with Gasteiger partial charge in [0.15, 0.2) is 0 Å². The van der Waals surface area contributed by atoms with Crippen molar-refractivity contribution in [1.82, 2.24) is 25.1 Å². The molecular weight excluding hydrogens is 699 g/mol. The first-order chi connectivity index (χ1) is 28.3. The fourth-order valence-electron chi connectivity index (χ4n) is 9.27. The lowest BCUT2D eigenvalue weighted by Crippen LogP contribution is -2.54. The van der Waals surface area contributed by atoms with Gasteiger partial charge in [0.05, 0.1) is 40.6 Å². The summed E-state index contributed by atoms with van der Waals surface area (Å²) in [6.45, 7) is 0. The van der Waals surface area contributed by atoms with E-state index in [0.29, 0.717) is 0 Å². The smallest absolute Gasteiger partial charge is 0.137 e. The van der Waals surface area contributed by atoms with Crippen molar-refractivity contribution < 1.29 is 4.42 Å². The van der Waals surface area contributed by atoms with E-state index in [1.54, 1.807) is 0 Å². The van der Waals surface area contributed by atoms with Gasteiger partial charge in [0.25, 0.3) is 0 Å². The predicted octanol–water partition coefficient (Wildman–Crippen LogP) is 12.0. The Morgan fingerprint density at radius 3 is 1.56 bits per heavy atom. The Kier molecular flexibility index (Phi) is 7.25. The van der Waals surface area contributed by atoms with Gasteiger partial charge in [0.2, 0.25) is 0 Å². The molecule has 2 atom stereocenters. The lowest BCUT2D eigenvalue weighted by Gasteiger charge is -2.39. The lowest BCUT2D eigenvalue weighted by molar-refractivity contribution is 0.203. The highest BCUT2D eigenvalue weighted by molar-refractivity contribution is 6.30. The van der Waals surface area contributed by atoms with Gasteiger partial charge in [0, 0.05) is 49.8 Å². The van der Waals surface area contributed by atoms with Crippen molar-refractivity contribution in [1.29, 1.82) is 0 Å². The van der Waals surface area contributed by atoms with Crippen LogP contribution in [0.15, 0.2) is 192 Å². The number of nitrogens with zero attached hydrogens (tertiary/aromatic N) is 2. The second kappa shape index (κ2) is 12.8. The topological polar surface area (TPSA) is 59.1 Å². The van der Waals surface area contributed by atoms with Crippen molar-refractivity contribution >= 4 is 65.6 Å². The molecular formula is C51H37N5O. The minimum atomic E-state index is -0.132. The molecule has 4 heterocycles. The van der Waals surface area contributed by atoms with E-state index >= 15 is 0 Å². The second-order valence-electron chi connectivity index (χ2n) is 15.1. The van der Waals surface area contributed by atoms with Gasteiger partial charge in [-0.1, -0.05) is 127 Å². The van der Waals surface area contributed by atoms with E-state index in [1.807, 2.05) is 6.07 Å². The number of hydrogen-bond acceptors (Lipinski definition) is 4. The van der Waals surface area contributed by atoms with Gasteiger partial charge in [0.1, 0.15) is 11.2 Å². The Labute approximate surface area is 328 Å². The SMILES string of the molecule is c1ccc(C2NC(c3ccccc3)NC(c3cccc(-n4c5cc6oc7ccccc7c6cc5c5c6c7ccccc7n(-c7ccccc7)c6ccc54)c3)N2)cc1. The van der Waals surface area contributed by atoms with Crippen LogP contribution in [0.5, 0.6) is 0 Å². The zero-order valence-electron chi connectivity index (χ0n) is 30.9. The molecule has 0 amide bonds. The molecule has 0 spiro atoms. The van der Waals surface area contributed by atoms with Crippen LogP contribution < -0.4 is 16.0 Å². The molecule has 1 fully saturated rings. The van der Waals surface area contributed by atoms with Gasteiger partial charge in [-0.05, 0) is 71.3 Å².